The lowest BCUT2D eigenvalue weighted by Crippen LogP contribution is -2.14. The summed E-state index contributed by atoms with van der Waals surface area (Å²) >= 11 is 0. The summed E-state index contributed by atoms with van der Waals surface area (Å²) in [5.41, 5.74) is 1.73. The summed E-state index contributed by atoms with van der Waals surface area (Å²) in [5, 5.41) is 0. The second kappa shape index (κ2) is 15.0. The topological polar surface area (TPSA) is 97.4 Å². The summed E-state index contributed by atoms with van der Waals surface area (Å²) in [6.45, 7) is 15.0. The molecule has 0 unspecified atom stereocenters. The van der Waals surface area contributed by atoms with Crippen molar-refractivity contribution in [2.24, 2.45) is 0 Å². The fourth-order valence-corrected chi connectivity index (χ4v) is 2.69. The van der Waals surface area contributed by atoms with Gasteiger partial charge < -0.3 is 23.7 Å². The molecule has 9 heteroatoms. The van der Waals surface area contributed by atoms with Crippen molar-refractivity contribution in [3.05, 3.63) is 78.7 Å². The molecule has 0 radical (unpaired) electrons. The highest BCUT2D eigenvalue weighted by atomic mass is 19.1. The Labute approximate surface area is 222 Å². The number of benzene rings is 2. The third-order valence-electron chi connectivity index (χ3n) is 4.61. The Morgan fingerprint density at radius 3 is 1.58 bits per heavy atom. The maximum atomic E-state index is 14.6. The Kier molecular flexibility index (Phi) is 12.5. The maximum absolute atomic E-state index is 14.6. The highest BCUT2D eigenvalue weighted by Gasteiger charge is 2.14. The zero-order chi connectivity index (χ0) is 27.5. The van der Waals surface area contributed by atoms with Gasteiger partial charge in [-0.1, -0.05) is 39.3 Å². The smallest absolute Gasteiger partial charge is 0.338 e. The van der Waals surface area contributed by atoms with E-state index in [1.54, 1.807) is 24.3 Å². The molecule has 0 aromatic heterocycles. The highest BCUT2D eigenvalue weighted by molar-refractivity contribution is 5.89. The lowest BCUT2D eigenvalue weighted by molar-refractivity contribution is -0.140. The van der Waals surface area contributed by atoms with Gasteiger partial charge in [0.2, 0.25) is 0 Å². The van der Waals surface area contributed by atoms with Crippen molar-refractivity contribution in [2.75, 3.05) is 26.4 Å². The Balaban J connectivity index is 0.00000722. The Hall–Kier alpha value is -4.40. The van der Waals surface area contributed by atoms with Crippen LogP contribution in [-0.4, -0.2) is 44.3 Å². The number of ether oxygens (including phenoxy) is 5. The number of rotatable bonds is 13. The Bertz CT molecular complexity index is 1220. The van der Waals surface area contributed by atoms with E-state index >= 15 is 0 Å². The molecule has 2 rings (SSSR count). The monoisotopic (exact) mass is 528 g/mol. The van der Waals surface area contributed by atoms with Gasteiger partial charge in [0.1, 0.15) is 26.4 Å². The fraction of sp³-hybridized carbons (Fsp3) is 0.276. The zero-order valence-electron chi connectivity index (χ0n) is 21.1. The number of carbonyl (C=O) groups is 3. The molecule has 0 spiro atoms. The summed E-state index contributed by atoms with van der Waals surface area (Å²) in [4.78, 5) is 34.8. The highest BCUT2D eigenvalue weighted by Crippen LogP contribution is 2.34. The normalized spacial score (nSPS) is 9.89. The molecule has 0 heterocycles. The molecule has 0 aliphatic heterocycles. The summed E-state index contributed by atoms with van der Waals surface area (Å²) in [6.07, 6.45) is 0. The second-order valence-corrected chi connectivity index (χ2v) is 8.01. The van der Waals surface area contributed by atoms with E-state index in [9.17, 15) is 18.8 Å². The van der Waals surface area contributed by atoms with E-state index < -0.39 is 23.7 Å². The van der Waals surface area contributed by atoms with Crippen LogP contribution in [0.1, 0.15) is 28.2 Å². The molecule has 0 atom stereocenters. The van der Waals surface area contributed by atoms with Gasteiger partial charge in [0.25, 0.3) is 0 Å². The van der Waals surface area contributed by atoms with Gasteiger partial charge in [-0.25, -0.2) is 18.8 Å². The van der Waals surface area contributed by atoms with Crippen LogP contribution in [0, 0.1) is 5.82 Å². The van der Waals surface area contributed by atoms with Crippen LogP contribution in [0.2, 0.25) is 0 Å². The first-order valence-electron chi connectivity index (χ1n) is 11.2. The molecule has 204 valence electrons. The molecule has 38 heavy (non-hydrogen) atoms. The molecule has 0 amide bonds. The first-order valence-corrected chi connectivity index (χ1v) is 11.2. The molecule has 0 bridgehead atoms. The van der Waals surface area contributed by atoms with Crippen LogP contribution in [0.3, 0.4) is 0 Å². The van der Waals surface area contributed by atoms with Gasteiger partial charge in [-0.05, 0) is 56.2 Å². The minimum atomic E-state index is -0.735. The van der Waals surface area contributed by atoms with Crippen LogP contribution in [0.5, 0.6) is 17.2 Å². The third kappa shape index (κ3) is 9.57. The SMILES string of the molecule is C.C=C(C)C(=O)OCCOc1ccc(-c2ccc(OC(=O)C(=C)C)c(F)c2)cc1OCCOC(=O)C(=C)C. The lowest BCUT2D eigenvalue weighted by atomic mass is 10.0. The van der Waals surface area contributed by atoms with Crippen LogP contribution >= 0.6 is 0 Å². The number of hydrogen-bond acceptors (Lipinski definition) is 8. The van der Waals surface area contributed by atoms with Crippen molar-refractivity contribution in [1.29, 1.82) is 0 Å². The molecule has 0 saturated carbocycles. The van der Waals surface area contributed by atoms with Crippen molar-refractivity contribution in [2.45, 2.75) is 28.2 Å². The van der Waals surface area contributed by atoms with E-state index in [1.807, 2.05) is 0 Å². The van der Waals surface area contributed by atoms with E-state index in [1.165, 1.54) is 32.9 Å². The molecule has 8 nitrogen and oxygen atoms in total. The number of halogens is 1. The van der Waals surface area contributed by atoms with E-state index in [2.05, 4.69) is 19.7 Å². The lowest BCUT2D eigenvalue weighted by Gasteiger charge is -2.15. The largest absolute Gasteiger partial charge is 0.486 e. The van der Waals surface area contributed by atoms with Crippen LogP contribution in [0.15, 0.2) is 72.9 Å². The fourth-order valence-electron chi connectivity index (χ4n) is 2.69. The van der Waals surface area contributed by atoms with Crippen molar-refractivity contribution in [3.63, 3.8) is 0 Å². The number of esters is 3. The van der Waals surface area contributed by atoms with E-state index in [0.29, 0.717) is 16.9 Å². The minimum Gasteiger partial charge on any atom is -0.486 e. The van der Waals surface area contributed by atoms with Crippen molar-refractivity contribution in [1.82, 2.24) is 0 Å². The van der Waals surface area contributed by atoms with E-state index in [-0.39, 0.29) is 62.1 Å². The number of hydrogen-bond donors (Lipinski definition) is 0. The average molecular weight is 529 g/mol. The van der Waals surface area contributed by atoms with Gasteiger partial charge >= 0.3 is 17.9 Å². The summed E-state index contributed by atoms with van der Waals surface area (Å²) in [7, 11) is 0. The summed E-state index contributed by atoms with van der Waals surface area (Å²) < 4.78 is 41.1. The Morgan fingerprint density at radius 1 is 0.658 bits per heavy atom. The molecule has 0 aliphatic carbocycles. The maximum Gasteiger partial charge on any atom is 0.338 e. The number of carbonyl (C=O) groups excluding carboxylic acids is 3. The van der Waals surface area contributed by atoms with Gasteiger partial charge in [-0.15, -0.1) is 0 Å². The molecule has 0 N–H and O–H groups in total. The summed E-state index contributed by atoms with van der Waals surface area (Å²) in [5.74, 6) is -2.16. The molecule has 0 fully saturated rings. The Morgan fingerprint density at radius 2 is 1.11 bits per heavy atom. The van der Waals surface area contributed by atoms with Gasteiger partial charge in [0.15, 0.2) is 23.1 Å². The first-order chi connectivity index (χ1) is 17.5. The van der Waals surface area contributed by atoms with E-state index in [0.717, 1.165) is 0 Å². The van der Waals surface area contributed by atoms with Gasteiger partial charge in [-0.2, -0.15) is 0 Å². The van der Waals surface area contributed by atoms with Gasteiger partial charge in [0.05, 0.1) is 0 Å². The molecule has 2 aromatic rings. The third-order valence-corrected chi connectivity index (χ3v) is 4.61. The van der Waals surface area contributed by atoms with Gasteiger partial charge in [0, 0.05) is 16.7 Å². The minimum absolute atomic E-state index is 0. The molecule has 2 aromatic carbocycles. The van der Waals surface area contributed by atoms with Crippen molar-refractivity contribution >= 4 is 17.9 Å². The summed E-state index contributed by atoms with van der Waals surface area (Å²) in [6, 6.07) is 9.03. The predicted octanol–water partition coefficient (Wildman–Crippen LogP) is 5.61. The van der Waals surface area contributed by atoms with Crippen LogP contribution < -0.4 is 14.2 Å². The standard InChI is InChI=1S/C28H29FO8.CH4/c1-17(2)26(30)35-13-11-33-24-10-8-21(16-25(24)34-12-14-36-27(31)18(3)4)20-7-9-23(22(29)15-20)37-28(32)19(5)6;/h7-10,15-16H,1,3,5,11-14H2,2,4,6H3;1H4. The zero-order valence-corrected chi connectivity index (χ0v) is 21.1. The van der Waals surface area contributed by atoms with E-state index in [4.69, 9.17) is 23.7 Å². The molecule has 0 aliphatic rings. The first kappa shape index (κ1) is 31.6. The van der Waals surface area contributed by atoms with Crippen molar-refractivity contribution < 1.29 is 42.5 Å². The quantitative estimate of drug-likeness (QED) is 0.143. The van der Waals surface area contributed by atoms with Crippen LogP contribution in [-0.2, 0) is 23.9 Å². The molecular formula is C29H33FO8. The molecular weight excluding hydrogens is 495 g/mol. The predicted molar refractivity (Wildman–Crippen MR) is 142 cm³/mol. The van der Waals surface area contributed by atoms with Crippen molar-refractivity contribution in [3.8, 4) is 28.4 Å². The van der Waals surface area contributed by atoms with Crippen LogP contribution in [0.25, 0.3) is 11.1 Å². The van der Waals surface area contributed by atoms with Crippen LogP contribution in [0.4, 0.5) is 4.39 Å². The second-order valence-electron chi connectivity index (χ2n) is 8.01. The average Bonchev–Trinajstić information content (AvgIpc) is 2.85. The molecule has 0 saturated heterocycles. The van der Waals surface area contributed by atoms with Gasteiger partial charge in [-0.3, -0.25) is 0 Å².